The molecule has 0 unspecified atom stereocenters. The first-order valence-electron chi connectivity index (χ1n) is 7.91. The summed E-state index contributed by atoms with van der Waals surface area (Å²) in [4.78, 5) is -0.669. The fraction of sp³-hybridized carbons (Fsp3) is 0.188. The van der Waals surface area contributed by atoms with Crippen LogP contribution < -0.4 is 4.72 Å². The van der Waals surface area contributed by atoms with Crippen LogP contribution in [0.25, 0.3) is 11.4 Å². The number of sulfonamides is 1. The summed E-state index contributed by atoms with van der Waals surface area (Å²) in [5.74, 6) is -1.55. The third-order valence-electron chi connectivity index (χ3n) is 3.99. The van der Waals surface area contributed by atoms with Crippen LogP contribution in [0.5, 0.6) is 0 Å². The number of rotatable bonds is 5. The van der Waals surface area contributed by atoms with Gasteiger partial charge in [-0.1, -0.05) is 12.1 Å². The molecule has 2 aromatic carbocycles. The average Bonchev–Trinajstić information content (AvgIpc) is 3.30. The molecule has 1 fully saturated rings. The van der Waals surface area contributed by atoms with E-state index in [1.165, 1.54) is 6.07 Å². The van der Waals surface area contributed by atoms with Gasteiger partial charge in [0.1, 0.15) is 16.5 Å². The van der Waals surface area contributed by atoms with Crippen LogP contribution in [0.1, 0.15) is 18.9 Å². The van der Waals surface area contributed by atoms with Gasteiger partial charge in [-0.3, -0.25) is 4.72 Å². The van der Waals surface area contributed by atoms with Crippen LogP contribution in [-0.4, -0.2) is 28.6 Å². The first-order valence-corrected chi connectivity index (χ1v) is 10.2. The van der Waals surface area contributed by atoms with Crippen molar-refractivity contribution in [2.75, 3.05) is 4.72 Å². The van der Waals surface area contributed by atoms with Gasteiger partial charge in [0.2, 0.25) is 0 Å². The van der Waals surface area contributed by atoms with Gasteiger partial charge < -0.3 is 0 Å². The minimum atomic E-state index is -4.29. The van der Waals surface area contributed by atoms with Crippen LogP contribution in [0.4, 0.5) is 14.5 Å². The van der Waals surface area contributed by atoms with E-state index in [0.29, 0.717) is 17.5 Å². The summed E-state index contributed by atoms with van der Waals surface area (Å²) in [7, 11) is -4.29. The van der Waals surface area contributed by atoms with Crippen molar-refractivity contribution >= 4 is 31.6 Å². The maximum atomic E-state index is 14.0. The predicted molar refractivity (Wildman–Crippen MR) is 96.4 cm³/mol. The highest BCUT2D eigenvalue weighted by molar-refractivity contribution is 9.10. The quantitative estimate of drug-likeness (QED) is 0.635. The Morgan fingerprint density at radius 1 is 1.19 bits per heavy atom. The van der Waals surface area contributed by atoms with Gasteiger partial charge >= 0.3 is 0 Å². The molecule has 1 aliphatic rings. The lowest BCUT2D eigenvalue weighted by atomic mass is 10.2. The zero-order chi connectivity index (χ0) is 19.2. The highest BCUT2D eigenvalue weighted by Crippen LogP contribution is 2.37. The predicted octanol–water partition coefficient (Wildman–Crippen LogP) is 3.52. The Balaban J connectivity index is 1.68. The number of hydrogen-bond acceptors (Lipinski definition) is 5. The number of benzene rings is 2. The van der Waals surface area contributed by atoms with E-state index in [-0.39, 0.29) is 16.2 Å². The Kier molecular flexibility index (Phi) is 4.42. The molecule has 1 N–H and O–H groups in total. The standard InChI is InChI=1S/C16H12BrF2N5O2S/c17-13-7-10(18)8-14(19)15(13)27(25,26)21-11-3-1-2-9(6-11)16-20-22-23-24(16)12-4-5-12/h1-3,6-8,12,21H,4-5H2. The number of aromatic nitrogens is 4. The van der Waals surface area contributed by atoms with E-state index in [0.717, 1.165) is 18.9 Å². The maximum absolute atomic E-state index is 14.0. The van der Waals surface area contributed by atoms with Crippen molar-refractivity contribution in [3.63, 3.8) is 0 Å². The Labute approximate surface area is 161 Å². The normalized spacial score (nSPS) is 14.3. The molecule has 1 saturated carbocycles. The van der Waals surface area contributed by atoms with E-state index in [4.69, 9.17) is 0 Å². The van der Waals surface area contributed by atoms with Crippen LogP contribution >= 0.6 is 15.9 Å². The minimum absolute atomic E-state index is 0.202. The van der Waals surface area contributed by atoms with Gasteiger partial charge in [0.05, 0.1) is 6.04 Å². The van der Waals surface area contributed by atoms with Crippen LogP contribution in [0.15, 0.2) is 45.8 Å². The van der Waals surface area contributed by atoms with Crippen molar-refractivity contribution in [1.29, 1.82) is 0 Å². The van der Waals surface area contributed by atoms with Gasteiger partial charge in [-0.15, -0.1) is 5.10 Å². The van der Waals surface area contributed by atoms with Crippen molar-refractivity contribution in [2.24, 2.45) is 0 Å². The summed E-state index contributed by atoms with van der Waals surface area (Å²) in [5, 5.41) is 11.6. The lowest BCUT2D eigenvalue weighted by molar-refractivity contribution is 0.548. The van der Waals surface area contributed by atoms with E-state index >= 15 is 0 Å². The average molecular weight is 456 g/mol. The Bertz CT molecular complexity index is 1110. The molecule has 0 atom stereocenters. The summed E-state index contributed by atoms with van der Waals surface area (Å²) in [6.45, 7) is 0. The second-order valence-electron chi connectivity index (χ2n) is 6.06. The largest absolute Gasteiger partial charge is 0.279 e. The van der Waals surface area contributed by atoms with Gasteiger partial charge in [0.25, 0.3) is 10.0 Å². The highest BCUT2D eigenvalue weighted by Gasteiger charge is 2.28. The van der Waals surface area contributed by atoms with Gasteiger partial charge in [-0.2, -0.15) is 0 Å². The molecule has 1 aromatic heterocycles. The monoisotopic (exact) mass is 455 g/mol. The molecule has 140 valence electrons. The Hall–Kier alpha value is -2.40. The fourth-order valence-electron chi connectivity index (χ4n) is 2.66. The number of nitrogens with zero attached hydrogens (tertiary/aromatic N) is 4. The molecule has 7 nitrogen and oxygen atoms in total. The maximum Gasteiger partial charge on any atom is 0.265 e. The molecule has 4 rings (SSSR count). The SMILES string of the molecule is O=S(=O)(Nc1cccc(-c2nnnn2C2CC2)c1)c1c(F)cc(F)cc1Br. The van der Waals surface area contributed by atoms with Crippen molar-refractivity contribution in [3.05, 3.63) is 52.5 Å². The van der Waals surface area contributed by atoms with Crippen molar-refractivity contribution in [3.8, 4) is 11.4 Å². The van der Waals surface area contributed by atoms with Gasteiger partial charge in [0, 0.05) is 21.8 Å². The van der Waals surface area contributed by atoms with E-state index in [2.05, 4.69) is 36.2 Å². The first-order chi connectivity index (χ1) is 12.8. The van der Waals surface area contributed by atoms with Gasteiger partial charge in [-0.25, -0.2) is 21.9 Å². The molecule has 1 heterocycles. The summed E-state index contributed by atoms with van der Waals surface area (Å²) in [6.07, 6.45) is 1.98. The Morgan fingerprint density at radius 3 is 2.67 bits per heavy atom. The van der Waals surface area contributed by atoms with E-state index in [1.54, 1.807) is 22.9 Å². The first kappa shape index (κ1) is 18.0. The van der Waals surface area contributed by atoms with Crippen molar-refractivity contribution in [1.82, 2.24) is 20.2 Å². The molecule has 0 bridgehead atoms. The zero-order valence-electron chi connectivity index (χ0n) is 13.6. The zero-order valence-corrected chi connectivity index (χ0v) is 16.0. The second-order valence-corrected chi connectivity index (χ2v) is 8.54. The van der Waals surface area contributed by atoms with Crippen LogP contribution in [0.3, 0.4) is 0 Å². The molecule has 1 aliphatic carbocycles. The third kappa shape index (κ3) is 3.56. The highest BCUT2D eigenvalue weighted by atomic mass is 79.9. The summed E-state index contributed by atoms with van der Waals surface area (Å²) >= 11 is 2.90. The lowest BCUT2D eigenvalue weighted by Crippen LogP contribution is -2.15. The van der Waals surface area contributed by atoms with Gasteiger partial charge in [0.15, 0.2) is 5.82 Å². The van der Waals surface area contributed by atoms with E-state index in [1.807, 2.05) is 0 Å². The minimum Gasteiger partial charge on any atom is -0.279 e. The van der Waals surface area contributed by atoms with Crippen LogP contribution in [-0.2, 0) is 10.0 Å². The smallest absolute Gasteiger partial charge is 0.265 e. The van der Waals surface area contributed by atoms with Crippen LogP contribution in [0, 0.1) is 11.6 Å². The van der Waals surface area contributed by atoms with Crippen molar-refractivity contribution < 1.29 is 17.2 Å². The second kappa shape index (κ2) is 6.64. The molecule has 0 spiro atoms. The third-order valence-corrected chi connectivity index (χ3v) is 6.33. The number of tetrazole rings is 1. The molecule has 0 amide bonds. The topological polar surface area (TPSA) is 89.8 Å². The van der Waals surface area contributed by atoms with E-state index in [9.17, 15) is 17.2 Å². The molecule has 0 saturated heterocycles. The number of halogens is 3. The van der Waals surface area contributed by atoms with Crippen LogP contribution in [0.2, 0.25) is 0 Å². The summed E-state index contributed by atoms with van der Waals surface area (Å²) in [6, 6.07) is 8.10. The molecule has 11 heteroatoms. The number of anilines is 1. The fourth-order valence-corrected chi connectivity index (χ4v) is 4.88. The molecule has 0 radical (unpaired) electrons. The Morgan fingerprint density at radius 2 is 1.96 bits per heavy atom. The lowest BCUT2D eigenvalue weighted by Gasteiger charge is -2.12. The molecule has 3 aromatic rings. The molecular formula is C16H12BrF2N5O2S. The van der Waals surface area contributed by atoms with E-state index < -0.39 is 26.6 Å². The number of hydrogen-bond donors (Lipinski definition) is 1. The molecule has 0 aliphatic heterocycles. The molecular weight excluding hydrogens is 444 g/mol. The van der Waals surface area contributed by atoms with Gasteiger partial charge in [-0.05, 0) is 57.4 Å². The summed E-state index contributed by atoms with van der Waals surface area (Å²) in [5.41, 5.74) is 0.819. The van der Waals surface area contributed by atoms with Crippen molar-refractivity contribution in [2.45, 2.75) is 23.8 Å². The molecule has 27 heavy (non-hydrogen) atoms. The number of nitrogens with one attached hydrogen (secondary N) is 1. The summed E-state index contributed by atoms with van der Waals surface area (Å²) < 4.78 is 56.2.